The van der Waals surface area contributed by atoms with E-state index in [1.807, 2.05) is 6.07 Å². The van der Waals surface area contributed by atoms with Crippen LogP contribution in [0, 0.1) is 10.1 Å². The fourth-order valence-corrected chi connectivity index (χ4v) is 6.19. The summed E-state index contributed by atoms with van der Waals surface area (Å²) in [7, 11) is 0. The van der Waals surface area contributed by atoms with Crippen molar-refractivity contribution in [3.05, 3.63) is 57.8 Å². The molecule has 4 aliphatic heterocycles. The Morgan fingerprint density at radius 3 is 2.26 bits per heavy atom. The number of aromatic nitrogens is 1. The average Bonchev–Trinajstić information content (AvgIpc) is 3.26. The molecule has 43 heavy (non-hydrogen) atoms. The van der Waals surface area contributed by atoms with Crippen molar-refractivity contribution in [3.63, 3.8) is 0 Å². The Bertz CT molecular complexity index is 1430. The summed E-state index contributed by atoms with van der Waals surface area (Å²) in [4.78, 5) is 71.9. The quantitative estimate of drug-likeness (QED) is 0.267. The van der Waals surface area contributed by atoms with Crippen LogP contribution in [0.4, 0.5) is 17.2 Å². The number of nitrogens with one attached hydrogen (secondary N) is 1. The zero-order valence-corrected chi connectivity index (χ0v) is 23.6. The molecule has 1 N–H and O–H groups in total. The van der Waals surface area contributed by atoms with Crippen LogP contribution in [0.5, 0.6) is 0 Å². The topological polar surface area (TPSA) is 159 Å². The largest absolute Gasteiger partial charge is 0.377 e. The summed E-state index contributed by atoms with van der Waals surface area (Å²) < 4.78 is 6.17. The number of anilines is 2. The monoisotopic (exact) mass is 591 g/mol. The minimum absolute atomic E-state index is 0.0891. The molecule has 3 saturated heterocycles. The molecule has 2 aromatic rings. The number of fused-ring (bicyclic) bond motifs is 1. The molecule has 1 atom stereocenters. The molecule has 0 radical (unpaired) electrons. The molecule has 14 heteroatoms. The third kappa shape index (κ3) is 5.92. The molecule has 0 spiro atoms. The van der Waals surface area contributed by atoms with Gasteiger partial charge in [0, 0.05) is 64.0 Å². The van der Waals surface area contributed by atoms with Crippen molar-refractivity contribution >= 4 is 40.8 Å². The Hall–Kier alpha value is -4.43. The predicted octanol–water partition coefficient (Wildman–Crippen LogP) is 1.20. The standard InChI is InChI=1S/C29H33N7O7/c37-26-6-4-24(27(38)31-26)35-28(39)22-3-1-19(17-23(22)29(35)40)34-13-11-32(12-14-34)15-16-43-21-7-9-33(10-8-21)20-2-5-25(30-18-20)36(41)42/h1-3,5,17-18,21,24H,4,6-16H2,(H,31,37,38). The molecular weight excluding hydrogens is 558 g/mol. The van der Waals surface area contributed by atoms with Gasteiger partial charge in [-0.25, -0.2) is 0 Å². The maximum absolute atomic E-state index is 13.2. The first-order valence-electron chi connectivity index (χ1n) is 14.6. The summed E-state index contributed by atoms with van der Waals surface area (Å²) in [6.07, 6.45) is 3.71. The summed E-state index contributed by atoms with van der Waals surface area (Å²) in [5.41, 5.74) is 2.31. The predicted molar refractivity (Wildman–Crippen MR) is 154 cm³/mol. The van der Waals surface area contributed by atoms with Crippen LogP contribution >= 0.6 is 0 Å². The Balaban J connectivity index is 0.946. The SMILES string of the molecule is O=C1CCC(N2C(=O)c3ccc(N4CCN(CCOC5CCN(c6ccc([N+](=O)[O-])nc6)CC5)CC4)cc3C2=O)C(=O)N1. The maximum Gasteiger partial charge on any atom is 0.363 e. The van der Waals surface area contributed by atoms with E-state index in [-0.39, 0.29) is 30.3 Å². The van der Waals surface area contributed by atoms with Gasteiger partial charge >= 0.3 is 5.82 Å². The number of hydrogen-bond donors (Lipinski definition) is 1. The number of ether oxygens (including phenoxy) is 1. The molecule has 0 aliphatic carbocycles. The third-order valence-corrected chi connectivity index (χ3v) is 8.65. The van der Waals surface area contributed by atoms with Gasteiger partial charge in [-0.05, 0) is 53.4 Å². The van der Waals surface area contributed by atoms with Crippen LogP contribution in [-0.4, -0.2) is 108 Å². The highest BCUT2D eigenvalue weighted by atomic mass is 16.6. The summed E-state index contributed by atoms with van der Waals surface area (Å²) >= 11 is 0. The number of pyridine rings is 1. The minimum atomic E-state index is -0.973. The van der Waals surface area contributed by atoms with Gasteiger partial charge in [0.15, 0.2) is 6.20 Å². The van der Waals surface area contributed by atoms with E-state index in [1.54, 1.807) is 24.4 Å². The molecule has 4 amide bonds. The number of carbonyl (C=O) groups excluding carboxylic acids is 4. The smallest absolute Gasteiger partial charge is 0.363 e. The van der Waals surface area contributed by atoms with E-state index in [9.17, 15) is 29.3 Å². The molecule has 4 aliphatic rings. The fourth-order valence-electron chi connectivity index (χ4n) is 6.19. The lowest BCUT2D eigenvalue weighted by Crippen LogP contribution is -2.54. The Morgan fingerprint density at radius 2 is 1.58 bits per heavy atom. The van der Waals surface area contributed by atoms with Crippen LogP contribution in [0.2, 0.25) is 0 Å². The van der Waals surface area contributed by atoms with E-state index in [0.29, 0.717) is 12.2 Å². The fraction of sp³-hybridized carbons (Fsp3) is 0.483. The lowest BCUT2D eigenvalue weighted by atomic mass is 10.0. The highest BCUT2D eigenvalue weighted by Gasteiger charge is 2.44. The van der Waals surface area contributed by atoms with Crippen molar-refractivity contribution in [1.82, 2.24) is 20.1 Å². The molecule has 1 unspecified atom stereocenters. The van der Waals surface area contributed by atoms with Crippen molar-refractivity contribution < 1.29 is 28.8 Å². The van der Waals surface area contributed by atoms with Crippen LogP contribution in [0.15, 0.2) is 36.5 Å². The second-order valence-electron chi connectivity index (χ2n) is 11.2. The molecule has 14 nitrogen and oxygen atoms in total. The number of imide groups is 2. The number of piperazine rings is 1. The molecule has 0 saturated carbocycles. The van der Waals surface area contributed by atoms with E-state index in [1.165, 1.54) is 6.07 Å². The summed E-state index contributed by atoms with van der Waals surface area (Å²) in [6.45, 7) is 6.27. The highest BCUT2D eigenvalue weighted by molar-refractivity contribution is 6.23. The lowest BCUT2D eigenvalue weighted by Gasteiger charge is -2.37. The normalized spacial score (nSPS) is 21.8. The van der Waals surface area contributed by atoms with Crippen LogP contribution in [-0.2, 0) is 14.3 Å². The number of rotatable bonds is 8. The van der Waals surface area contributed by atoms with Gasteiger partial charge in [0.2, 0.25) is 11.8 Å². The van der Waals surface area contributed by atoms with Gasteiger partial charge in [-0.15, -0.1) is 0 Å². The minimum Gasteiger partial charge on any atom is -0.377 e. The van der Waals surface area contributed by atoms with Gasteiger partial charge in [-0.3, -0.25) is 34.3 Å². The molecule has 5 heterocycles. The first kappa shape index (κ1) is 28.7. The molecule has 3 fully saturated rings. The van der Waals surface area contributed by atoms with Crippen molar-refractivity contribution in [2.24, 2.45) is 0 Å². The maximum atomic E-state index is 13.2. The van der Waals surface area contributed by atoms with E-state index in [2.05, 4.69) is 25.0 Å². The zero-order chi connectivity index (χ0) is 30.1. The Kier molecular flexibility index (Phi) is 8.04. The number of piperidine rings is 2. The molecule has 0 bridgehead atoms. The highest BCUT2D eigenvalue weighted by Crippen LogP contribution is 2.31. The average molecular weight is 592 g/mol. The molecule has 1 aromatic heterocycles. The number of nitrogens with zero attached hydrogens (tertiary/aromatic N) is 6. The molecule has 1 aromatic carbocycles. The summed E-state index contributed by atoms with van der Waals surface area (Å²) in [5, 5.41) is 13.0. The van der Waals surface area contributed by atoms with Gasteiger partial charge in [0.1, 0.15) is 6.04 Å². The molecule has 6 rings (SSSR count). The van der Waals surface area contributed by atoms with E-state index in [0.717, 1.165) is 74.9 Å². The number of carbonyl (C=O) groups is 4. The van der Waals surface area contributed by atoms with E-state index in [4.69, 9.17) is 4.74 Å². The van der Waals surface area contributed by atoms with Crippen LogP contribution < -0.4 is 15.1 Å². The van der Waals surface area contributed by atoms with Gasteiger partial charge in [-0.1, -0.05) is 0 Å². The Labute approximate surface area is 247 Å². The van der Waals surface area contributed by atoms with Gasteiger partial charge in [0.05, 0.1) is 29.5 Å². The summed E-state index contributed by atoms with van der Waals surface area (Å²) in [5.74, 6) is -2.16. The van der Waals surface area contributed by atoms with Crippen molar-refractivity contribution in [1.29, 1.82) is 0 Å². The van der Waals surface area contributed by atoms with E-state index < -0.39 is 34.6 Å². The third-order valence-electron chi connectivity index (χ3n) is 8.65. The number of nitro groups is 1. The summed E-state index contributed by atoms with van der Waals surface area (Å²) in [6, 6.07) is 7.43. The molecular formula is C29H33N7O7. The first-order chi connectivity index (χ1) is 20.8. The second-order valence-corrected chi connectivity index (χ2v) is 11.2. The van der Waals surface area contributed by atoms with Gasteiger partial charge < -0.3 is 24.7 Å². The number of amides is 4. The van der Waals surface area contributed by atoms with Gasteiger partial charge in [0.25, 0.3) is 11.8 Å². The zero-order valence-electron chi connectivity index (χ0n) is 23.6. The lowest BCUT2D eigenvalue weighted by molar-refractivity contribution is -0.389. The number of hydrogen-bond acceptors (Lipinski definition) is 11. The molecule has 226 valence electrons. The Morgan fingerprint density at radius 1 is 0.884 bits per heavy atom. The van der Waals surface area contributed by atoms with Crippen molar-refractivity contribution in [2.45, 2.75) is 37.8 Å². The van der Waals surface area contributed by atoms with Crippen LogP contribution in [0.25, 0.3) is 0 Å². The first-order valence-corrected chi connectivity index (χ1v) is 14.6. The van der Waals surface area contributed by atoms with E-state index >= 15 is 0 Å². The van der Waals surface area contributed by atoms with Crippen LogP contribution in [0.3, 0.4) is 0 Å². The van der Waals surface area contributed by atoms with Crippen LogP contribution in [0.1, 0.15) is 46.4 Å². The van der Waals surface area contributed by atoms with Crippen molar-refractivity contribution in [2.75, 3.05) is 62.2 Å². The van der Waals surface area contributed by atoms with Gasteiger partial charge in [-0.2, -0.15) is 0 Å². The second kappa shape index (κ2) is 12.1. The number of benzene rings is 1. The van der Waals surface area contributed by atoms with Crippen molar-refractivity contribution in [3.8, 4) is 0 Å².